The predicted molar refractivity (Wildman–Crippen MR) is 93.6 cm³/mol. The first-order valence-corrected chi connectivity index (χ1v) is 8.46. The van der Waals surface area contributed by atoms with Crippen LogP contribution in [0.2, 0.25) is 5.02 Å². The smallest absolute Gasteiger partial charge is 0.320 e. The summed E-state index contributed by atoms with van der Waals surface area (Å²) in [5.74, 6) is -0.731. The topological polar surface area (TPSA) is 49.8 Å². The maximum atomic E-state index is 14.0. The number of halogens is 2. The average molecular weight is 364 g/mol. The molecule has 1 heterocycles. The van der Waals surface area contributed by atoms with Crippen LogP contribution in [0, 0.1) is 5.82 Å². The molecule has 2 unspecified atom stereocenters. The first-order valence-electron chi connectivity index (χ1n) is 8.08. The Bertz CT molecular complexity index is 766. The monoisotopic (exact) mass is 363 g/mol. The van der Waals surface area contributed by atoms with Gasteiger partial charge < -0.3 is 9.84 Å². The summed E-state index contributed by atoms with van der Waals surface area (Å²) in [5, 5.41) is 10.2. The lowest BCUT2D eigenvalue weighted by molar-refractivity contribution is -0.142. The minimum atomic E-state index is -0.869. The predicted octanol–water partition coefficient (Wildman–Crippen LogP) is 4.13. The molecule has 1 saturated heterocycles. The van der Waals surface area contributed by atoms with Gasteiger partial charge in [-0.25, -0.2) is 4.39 Å². The standard InChI is InChI=1S/C19H19ClFNO3/c1-25-17-9-8-14(21)11-15(17)18(12-4-6-13(20)7-5-12)22-10-2-3-16(22)19(23)24/h4-9,11,16,18H,2-3,10H2,1H3,(H,23,24). The summed E-state index contributed by atoms with van der Waals surface area (Å²) in [6.07, 6.45) is 1.34. The summed E-state index contributed by atoms with van der Waals surface area (Å²) in [4.78, 5) is 13.6. The van der Waals surface area contributed by atoms with Gasteiger partial charge in [-0.05, 0) is 48.7 Å². The van der Waals surface area contributed by atoms with Crippen molar-refractivity contribution in [2.45, 2.75) is 24.9 Å². The zero-order valence-electron chi connectivity index (χ0n) is 13.8. The van der Waals surface area contributed by atoms with Crippen molar-refractivity contribution in [2.75, 3.05) is 13.7 Å². The van der Waals surface area contributed by atoms with Gasteiger partial charge in [0.25, 0.3) is 0 Å². The highest BCUT2D eigenvalue weighted by Crippen LogP contribution is 2.39. The van der Waals surface area contributed by atoms with Gasteiger partial charge in [-0.15, -0.1) is 0 Å². The molecule has 2 aromatic carbocycles. The highest BCUT2D eigenvalue weighted by atomic mass is 35.5. The number of likely N-dealkylation sites (tertiary alicyclic amines) is 1. The van der Waals surface area contributed by atoms with Crippen molar-refractivity contribution in [3.05, 3.63) is 64.4 Å². The molecule has 0 bridgehead atoms. The van der Waals surface area contributed by atoms with Crippen molar-refractivity contribution in [1.29, 1.82) is 0 Å². The van der Waals surface area contributed by atoms with Crippen LogP contribution in [0.25, 0.3) is 0 Å². The fraction of sp³-hybridized carbons (Fsp3) is 0.316. The van der Waals surface area contributed by atoms with E-state index >= 15 is 0 Å². The van der Waals surface area contributed by atoms with E-state index in [2.05, 4.69) is 0 Å². The van der Waals surface area contributed by atoms with Crippen LogP contribution in [0.15, 0.2) is 42.5 Å². The molecule has 2 atom stereocenters. The summed E-state index contributed by atoms with van der Waals surface area (Å²) in [6.45, 7) is 0.615. The fourth-order valence-corrected chi connectivity index (χ4v) is 3.60. The maximum Gasteiger partial charge on any atom is 0.320 e. The number of methoxy groups -OCH3 is 1. The van der Waals surface area contributed by atoms with E-state index < -0.39 is 18.1 Å². The van der Waals surface area contributed by atoms with Gasteiger partial charge in [0.05, 0.1) is 13.2 Å². The number of carboxylic acids is 1. The van der Waals surface area contributed by atoms with E-state index in [1.165, 1.54) is 19.2 Å². The second-order valence-electron chi connectivity index (χ2n) is 6.07. The number of hydrogen-bond acceptors (Lipinski definition) is 3. The van der Waals surface area contributed by atoms with Crippen LogP contribution in [-0.2, 0) is 4.79 Å². The number of aliphatic carboxylic acids is 1. The van der Waals surface area contributed by atoms with Gasteiger partial charge in [-0.3, -0.25) is 9.69 Å². The lowest BCUT2D eigenvalue weighted by atomic mass is 9.95. The van der Waals surface area contributed by atoms with Gasteiger partial charge >= 0.3 is 5.97 Å². The largest absolute Gasteiger partial charge is 0.496 e. The van der Waals surface area contributed by atoms with E-state index in [0.29, 0.717) is 29.3 Å². The Labute approximate surface area is 150 Å². The van der Waals surface area contributed by atoms with Gasteiger partial charge in [0, 0.05) is 17.1 Å². The van der Waals surface area contributed by atoms with Gasteiger partial charge in [-0.1, -0.05) is 23.7 Å². The van der Waals surface area contributed by atoms with Crippen LogP contribution in [0.1, 0.15) is 30.0 Å². The highest BCUT2D eigenvalue weighted by molar-refractivity contribution is 6.30. The van der Waals surface area contributed by atoms with Crippen LogP contribution in [0.3, 0.4) is 0 Å². The molecule has 0 spiro atoms. The Morgan fingerprint density at radius 2 is 2.04 bits per heavy atom. The first-order chi connectivity index (χ1) is 12.0. The SMILES string of the molecule is COc1ccc(F)cc1C(c1ccc(Cl)cc1)N1CCCC1C(=O)O. The Balaban J connectivity index is 2.14. The van der Waals surface area contributed by atoms with Crippen molar-refractivity contribution in [3.63, 3.8) is 0 Å². The third-order valence-corrected chi connectivity index (χ3v) is 4.83. The lowest BCUT2D eigenvalue weighted by Gasteiger charge is -2.32. The molecule has 0 saturated carbocycles. The minimum Gasteiger partial charge on any atom is -0.496 e. The quantitative estimate of drug-likeness (QED) is 0.867. The highest BCUT2D eigenvalue weighted by Gasteiger charge is 2.38. The van der Waals surface area contributed by atoms with Gasteiger partial charge in [0.2, 0.25) is 0 Å². The number of benzene rings is 2. The molecular weight excluding hydrogens is 345 g/mol. The third-order valence-electron chi connectivity index (χ3n) is 4.58. The zero-order valence-corrected chi connectivity index (χ0v) is 14.5. The Kier molecular flexibility index (Phi) is 5.25. The maximum absolute atomic E-state index is 14.0. The molecule has 1 N–H and O–H groups in total. The van der Waals surface area contributed by atoms with E-state index in [-0.39, 0.29) is 5.82 Å². The zero-order chi connectivity index (χ0) is 18.0. The summed E-state index contributed by atoms with van der Waals surface area (Å²) >= 11 is 5.99. The molecule has 4 nitrogen and oxygen atoms in total. The summed E-state index contributed by atoms with van der Waals surface area (Å²) < 4.78 is 19.4. The van der Waals surface area contributed by atoms with Crippen molar-refractivity contribution in [1.82, 2.24) is 4.90 Å². The van der Waals surface area contributed by atoms with Gasteiger partial charge in [0.15, 0.2) is 0 Å². The molecule has 0 aromatic heterocycles. The van der Waals surface area contributed by atoms with Crippen molar-refractivity contribution < 1.29 is 19.0 Å². The number of nitrogens with zero attached hydrogens (tertiary/aromatic N) is 1. The van der Waals surface area contributed by atoms with Crippen molar-refractivity contribution >= 4 is 17.6 Å². The van der Waals surface area contributed by atoms with E-state index in [9.17, 15) is 14.3 Å². The number of ether oxygens (including phenoxy) is 1. The van der Waals surface area contributed by atoms with Crippen LogP contribution in [0.4, 0.5) is 4.39 Å². The van der Waals surface area contributed by atoms with Crippen molar-refractivity contribution in [2.24, 2.45) is 0 Å². The molecule has 1 aliphatic rings. The number of hydrogen-bond donors (Lipinski definition) is 1. The van der Waals surface area contributed by atoms with Crippen LogP contribution in [0.5, 0.6) is 5.75 Å². The van der Waals surface area contributed by atoms with Crippen LogP contribution >= 0.6 is 11.6 Å². The van der Waals surface area contributed by atoms with Gasteiger partial charge in [-0.2, -0.15) is 0 Å². The minimum absolute atomic E-state index is 0.388. The molecule has 0 aliphatic carbocycles. The molecular formula is C19H19ClFNO3. The van der Waals surface area contributed by atoms with Crippen LogP contribution in [-0.4, -0.2) is 35.7 Å². The molecule has 0 amide bonds. The van der Waals surface area contributed by atoms with E-state index in [4.69, 9.17) is 16.3 Å². The normalized spacial score (nSPS) is 18.9. The Morgan fingerprint density at radius 1 is 1.32 bits per heavy atom. The molecule has 132 valence electrons. The molecule has 25 heavy (non-hydrogen) atoms. The number of rotatable bonds is 5. The number of carbonyl (C=O) groups is 1. The second kappa shape index (κ2) is 7.42. The summed E-state index contributed by atoms with van der Waals surface area (Å²) in [5.41, 5.74) is 1.46. The number of carboxylic acid groups (broad SMARTS) is 1. The van der Waals surface area contributed by atoms with Crippen molar-refractivity contribution in [3.8, 4) is 5.75 Å². The molecule has 1 aliphatic heterocycles. The fourth-order valence-electron chi connectivity index (χ4n) is 3.48. The van der Waals surface area contributed by atoms with Gasteiger partial charge in [0.1, 0.15) is 17.6 Å². The molecule has 3 rings (SSSR count). The van der Waals surface area contributed by atoms with Crippen LogP contribution < -0.4 is 4.74 Å². The van der Waals surface area contributed by atoms with E-state index in [1.54, 1.807) is 18.2 Å². The molecule has 6 heteroatoms. The van der Waals surface area contributed by atoms with E-state index in [1.807, 2.05) is 17.0 Å². The molecule has 1 fully saturated rings. The summed E-state index contributed by atoms with van der Waals surface area (Å²) in [6, 6.07) is 10.5. The third kappa shape index (κ3) is 3.62. The summed E-state index contributed by atoms with van der Waals surface area (Å²) in [7, 11) is 1.52. The average Bonchev–Trinajstić information content (AvgIpc) is 3.07. The van der Waals surface area contributed by atoms with E-state index in [0.717, 1.165) is 12.0 Å². The first kappa shape index (κ1) is 17.7. The Hall–Kier alpha value is -2.11. The molecule has 0 radical (unpaired) electrons. The Morgan fingerprint density at radius 3 is 2.68 bits per heavy atom. The molecule has 2 aromatic rings. The lowest BCUT2D eigenvalue weighted by Crippen LogP contribution is -2.39. The second-order valence-corrected chi connectivity index (χ2v) is 6.51.